The number of likely N-dealkylation sites (N-methyl/N-ethyl adjacent to an activating group) is 1. The zero-order chi connectivity index (χ0) is 15.3. The summed E-state index contributed by atoms with van der Waals surface area (Å²) in [7, 11) is 4.15. The van der Waals surface area contributed by atoms with Gasteiger partial charge in [0.05, 0.1) is 11.6 Å². The summed E-state index contributed by atoms with van der Waals surface area (Å²) in [6, 6.07) is 20.8. The maximum absolute atomic E-state index is 6.89. The fourth-order valence-electron chi connectivity index (χ4n) is 3.07. The van der Waals surface area contributed by atoms with Crippen LogP contribution in [-0.2, 0) is 5.54 Å². The van der Waals surface area contributed by atoms with Crippen molar-refractivity contribution in [3.05, 3.63) is 84.4 Å². The Morgan fingerprint density at radius 3 is 2.05 bits per heavy atom. The predicted octanol–water partition coefficient (Wildman–Crippen LogP) is 3.72. The molecule has 0 aliphatic rings. The summed E-state index contributed by atoms with van der Waals surface area (Å²) in [5.74, 6) is 0. The molecule has 0 fully saturated rings. The van der Waals surface area contributed by atoms with Gasteiger partial charge in [-0.2, -0.15) is 0 Å². The predicted molar refractivity (Wildman–Crippen MR) is 90.0 cm³/mol. The van der Waals surface area contributed by atoms with Crippen LogP contribution in [-0.4, -0.2) is 19.0 Å². The molecule has 2 N–H and O–H groups in total. The Morgan fingerprint density at radius 1 is 1.05 bits per heavy atom. The zero-order valence-corrected chi connectivity index (χ0v) is 12.9. The molecule has 2 heteroatoms. The van der Waals surface area contributed by atoms with Gasteiger partial charge >= 0.3 is 0 Å². The third-order valence-electron chi connectivity index (χ3n) is 3.91. The largest absolute Gasteiger partial charge is 0.320 e. The molecule has 0 bridgehead atoms. The van der Waals surface area contributed by atoms with Crippen LogP contribution in [0.1, 0.15) is 23.6 Å². The molecule has 0 saturated carbocycles. The lowest BCUT2D eigenvalue weighted by molar-refractivity contribution is 0.178. The van der Waals surface area contributed by atoms with Crippen LogP contribution in [0.5, 0.6) is 0 Å². The second kappa shape index (κ2) is 6.70. The summed E-state index contributed by atoms with van der Waals surface area (Å²) in [5, 5.41) is 0. The molecule has 0 aliphatic heterocycles. The molecule has 2 aromatic rings. The molecule has 21 heavy (non-hydrogen) atoms. The molecule has 2 rings (SSSR count). The molecule has 2 unspecified atom stereocenters. The highest BCUT2D eigenvalue weighted by molar-refractivity contribution is 5.33. The van der Waals surface area contributed by atoms with Gasteiger partial charge in [-0.3, -0.25) is 0 Å². The molecule has 0 aliphatic carbocycles. The van der Waals surface area contributed by atoms with Crippen molar-refractivity contribution in [2.75, 3.05) is 14.1 Å². The van der Waals surface area contributed by atoms with E-state index in [4.69, 9.17) is 5.73 Å². The van der Waals surface area contributed by atoms with Gasteiger partial charge < -0.3 is 10.6 Å². The molecule has 2 nitrogen and oxygen atoms in total. The Labute approximate surface area is 127 Å². The molecular weight excluding hydrogens is 256 g/mol. The van der Waals surface area contributed by atoms with E-state index in [-0.39, 0.29) is 6.04 Å². The maximum atomic E-state index is 6.89. The van der Waals surface area contributed by atoms with Crippen LogP contribution in [0.25, 0.3) is 0 Å². The normalized spacial score (nSPS) is 15.4. The summed E-state index contributed by atoms with van der Waals surface area (Å²) in [6.45, 7) is 3.91. The van der Waals surface area contributed by atoms with Crippen molar-refractivity contribution >= 4 is 0 Å². The van der Waals surface area contributed by atoms with E-state index < -0.39 is 5.54 Å². The van der Waals surface area contributed by atoms with E-state index in [1.807, 2.05) is 30.3 Å². The van der Waals surface area contributed by atoms with E-state index in [2.05, 4.69) is 62.0 Å². The van der Waals surface area contributed by atoms with Gasteiger partial charge in [-0.05, 0) is 31.6 Å². The molecule has 0 aromatic heterocycles. The minimum atomic E-state index is -0.506. The van der Waals surface area contributed by atoms with Crippen molar-refractivity contribution < 1.29 is 0 Å². The van der Waals surface area contributed by atoms with E-state index in [0.717, 1.165) is 12.0 Å². The first-order chi connectivity index (χ1) is 10.1. The Balaban J connectivity index is 2.55. The van der Waals surface area contributed by atoms with Crippen molar-refractivity contribution in [1.82, 2.24) is 4.90 Å². The van der Waals surface area contributed by atoms with E-state index in [1.165, 1.54) is 5.56 Å². The van der Waals surface area contributed by atoms with Crippen molar-refractivity contribution in [3.63, 3.8) is 0 Å². The fraction of sp³-hybridized carbons (Fsp3) is 0.263. The first-order valence-electron chi connectivity index (χ1n) is 7.26. The lowest BCUT2D eigenvalue weighted by Gasteiger charge is -2.41. The summed E-state index contributed by atoms with van der Waals surface area (Å²) < 4.78 is 0. The standard InChI is InChI=1S/C19H24N2/c1-4-15-19(20,17-13-9-6-10-14-17)18(21(2)3)16-11-7-5-8-12-16/h4-14,18H,1,15,20H2,2-3H3. The Morgan fingerprint density at radius 2 is 1.57 bits per heavy atom. The van der Waals surface area contributed by atoms with Gasteiger partial charge in [0.25, 0.3) is 0 Å². The van der Waals surface area contributed by atoms with Gasteiger partial charge in [0.15, 0.2) is 0 Å². The molecule has 0 spiro atoms. The van der Waals surface area contributed by atoms with Crippen molar-refractivity contribution in [1.29, 1.82) is 0 Å². The van der Waals surface area contributed by atoms with Gasteiger partial charge in [0.1, 0.15) is 0 Å². The van der Waals surface area contributed by atoms with Gasteiger partial charge in [-0.25, -0.2) is 0 Å². The van der Waals surface area contributed by atoms with Crippen molar-refractivity contribution in [2.24, 2.45) is 5.73 Å². The van der Waals surface area contributed by atoms with Crippen LogP contribution >= 0.6 is 0 Å². The second-order valence-electron chi connectivity index (χ2n) is 5.68. The highest BCUT2D eigenvalue weighted by Gasteiger charge is 2.37. The van der Waals surface area contributed by atoms with Crippen LogP contribution in [0.4, 0.5) is 0 Å². The summed E-state index contributed by atoms with van der Waals surface area (Å²) in [6.07, 6.45) is 2.63. The lowest BCUT2D eigenvalue weighted by atomic mass is 9.77. The number of hydrogen-bond donors (Lipinski definition) is 1. The number of benzene rings is 2. The van der Waals surface area contributed by atoms with E-state index in [9.17, 15) is 0 Å². The molecule has 110 valence electrons. The first kappa shape index (κ1) is 15.5. The Bertz CT molecular complexity index is 563. The summed E-state index contributed by atoms with van der Waals surface area (Å²) in [4.78, 5) is 2.19. The average molecular weight is 280 g/mol. The summed E-state index contributed by atoms with van der Waals surface area (Å²) in [5.41, 5.74) is 8.74. The van der Waals surface area contributed by atoms with Gasteiger partial charge in [0.2, 0.25) is 0 Å². The number of hydrogen-bond acceptors (Lipinski definition) is 2. The molecule has 0 saturated heterocycles. The third-order valence-corrected chi connectivity index (χ3v) is 3.91. The van der Waals surface area contributed by atoms with Crippen LogP contribution < -0.4 is 5.73 Å². The van der Waals surface area contributed by atoms with E-state index in [1.54, 1.807) is 0 Å². The molecular formula is C19H24N2. The lowest BCUT2D eigenvalue weighted by Crippen LogP contribution is -2.48. The van der Waals surface area contributed by atoms with Crippen LogP contribution in [0.3, 0.4) is 0 Å². The maximum Gasteiger partial charge on any atom is 0.0644 e. The fourth-order valence-corrected chi connectivity index (χ4v) is 3.07. The molecule has 2 atom stereocenters. The van der Waals surface area contributed by atoms with Crippen molar-refractivity contribution in [2.45, 2.75) is 18.0 Å². The van der Waals surface area contributed by atoms with Crippen LogP contribution in [0.2, 0.25) is 0 Å². The van der Waals surface area contributed by atoms with Crippen LogP contribution in [0, 0.1) is 0 Å². The van der Waals surface area contributed by atoms with E-state index >= 15 is 0 Å². The average Bonchev–Trinajstić information content (AvgIpc) is 2.49. The van der Waals surface area contributed by atoms with E-state index in [0.29, 0.717) is 0 Å². The second-order valence-corrected chi connectivity index (χ2v) is 5.68. The summed E-state index contributed by atoms with van der Waals surface area (Å²) >= 11 is 0. The third kappa shape index (κ3) is 3.23. The Hall–Kier alpha value is -1.90. The quantitative estimate of drug-likeness (QED) is 0.817. The molecule has 0 heterocycles. The highest BCUT2D eigenvalue weighted by atomic mass is 15.1. The minimum Gasteiger partial charge on any atom is -0.320 e. The van der Waals surface area contributed by atoms with Crippen LogP contribution in [0.15, 0.2) is 73.3 Å². The number of rotatable bonds is 6. The first-order valence-corrected chi connectivity index (χ1v) is 7.26. The monoisotopic (exact) mass is 280 g/mol. The van der Waals surface area contributed by atoms with Gasteiger partial charge in [-0.1, -0.05) is 66.7 Å². The van der Waals surface area contributed by atoms with Gasteiger partial charge in [0, 0.05) is 0 Å². The molecule has 0 radical (unpaired) electrons. The smallest absolute Gasteiger partial charge is 0.0644 e. The number of nitrogens with zero attached hydrogens (tertiary/aromatic N) is 1. The van der Waals surface area contributed by atoms with Crippen molar-refractivity contribution in [3.8, 4) is 0 Å². The topological polar surface area (TPSA) is 29.3 Å². The molecule has 2 aromatic carbocycles. The van der Waals surface area contributed by atoms with Gasteiger partial charge in [-0.15, -0.1) is 6.58 Å². The number of nitrogens with two attached hydrogens (primary N) is 1. The Kier molecular flexibility index (Phi) is 4.94. The zero-order valence-electron chi connectivity index (χ0n) is 12.9. The SMILES string of the molecule is C=CCC(N)(c1ccccc1)C(c1ccccc1)N(C)C. The minimum absolute atomic E-state index is 0.0825. The molecule has 0 amide bonds. The highest BCUT2D eigenvalue weighted by Crippen LogP contribution is 2.39.